The minimum absolute atomic E-state index is 0. The Morgan fingerprint density at radius 3 is 2.35 bits per heavy atom. The van der Waals surface area contributed by atoms with Gasteiger partial charge in [-0.3, -0.25) is 0 Å². The lowest BCUT2D eigenvalue weighted by Gasteiger charge is -2.11. The van der Waals surface area contributed by atoms with Gasteiger partial charge < -0.3 is 5.73 Å². The third-order valence-electron chi connectivity index (χ3n) is 4.11. The number of aryl methyl sites for hydroxylation is 1. The maximum atomic E-state index is 12.9. The zero-order chi connectivity index (χ0) is 13.3. The van der Waals surface area contributed by atoms with Crippen molar-refractivity contribution in [2.75, 3.05) is 0 Å². The molecule has 0 bridgehead atoms. The van der Waals surface area contributed by atoms with Crippen LogP contribution in [0.3, 0.4) is 0 Å². The van der Waals surface area contributed by atoms with Crippen LogP contribution in [0.2, 0.25) is 0 Å². The molecule has 0 saturated heterocycles. The van der Waals surface area contributed by atoms with Crippen LogP contribution >= 0.6 is 12.4 Å². The van der Waals surface area contributed by atoms with E-state index in [2.05, 4.69) is 24.3 Å². The Morgan fingerprint density at radius 2 is 1.70 bits per heavy atom. The molecule has 1 nitrogen and oxygen atoms in total. The van der Waals surface area contributed by atoms with Crippen LogP contribution in [0.4, 0.5) is 4.39 Å². The van der Waals surface area contributed by atoms with E-state index in [1.165, 1.54) is 17.7 Å². The van der Waals surface area contributed by atoms with Crippen LogP contribution in [0.1, 0.15) is 29.9 Å². The maximum absolute atomic E-state index is 12.9. The lowest BCUT2D eigenvalue weighted by Crippen LogP contribution is -2.25. The summed E-state index contributed by atoms with van der Waals surface area (Å²) in [7, 11) is 0. The van der Waals surface area contributed by atoms with Gasteiger partial charge in [0, 0.05) is 11.5 Å². The minimum Gasteiger partial charge on any atom is -0.325 e. The van der Waals surface area contributed by atoms with Gasteiger partial charge in [0.05, 0.1) is 0 Å². The van der Waals surface area contributed by atoms with E-state index in [-0.39, 0.29) is 23.8 Å². The Labute approximate surface area is 125 Å². The molecule has 20 heavy (non-hydrogen) atoms. The zero-order valence-electron chi connectivity index (χ0n) is 11.3. The van der Waals surface area contributed by atoms with E-state index in [9.17, 15) is 4.39 Å². The number of hydrogen-bond acceptors (Lipinski definition) is 1. The lowest BCUT2D eigenvalue weighted by atomic mass is 9.99. The smallest absolute Gasteiger partial charge is 0.123 e. The summed E-state index contributed by atoms with van der Waals surface area (Å²) in [6.07, 6.45) is 3.00. The van der Waals surface area contributed by atoms with E-state index < -0.39 is 0 Å². The molecule has 1 aliphatic rings. The van der Waals surface area contributed by atoms with Gasteiger partial charge in [0.1, 0.15) is 5.82 Å². The van der Waals surface area contributed by atoms with Crippen LogP contribution < -0.4 is 5.73 Å². The summed E-state index contributed by atoms with van der Waals surface area (Å²) < 4.78 is 12.9. The van der Waals surface area contributed by atoms with E-state index in [1.54, 1.807) is 0 Å². The summed E-state index contributed by atoms with van der Waals surface area (Å²) in [4.78, 5) is 0. The molecule has 2 aromatic carbocycles. The first-order chi connectivity index (χ1) is 9.17. The number of benzene rings is 2. The molecule has 0 aromatic heterocycles. The van der Waals surface area contributed by atoms with Crippen LogP contribution in [0.25, 0.3) is 0 Å². The number of halogens is 2. The van der Waals surface area contributed by atoms with Crippen LogP contribution in [0.15, 0.2) is 54.6 Å². The van der Waals surface area contributed by atoms with E-state index in [0.29, 0.717) is 5.92 Å². The minimum atomic E-state index is -0.184. The highest BCUT2D eigenvalue weighted by molar-refractivity contribution is 5.85. The van der Waals surface area contributed by atoms with Crippen molar-refractivity contribution in [3.8, 4) is 0 Å². The third-order valence-corrected chi connectivity index (χ3v) is 4.11. The van der Waals surface area contributed by atoms with Gasteiger partial charge in [-0.05, 0) is 42.5 Å². The molecule has 0 amide bonds. The van der Waals surface area contributed by atoms with E-state index >= 15 is 0 Å². The average Bonchev–Trinajstić information content (AvgIpc) is 3.11. The second-order valence-corrected chi connectivity index (χ2v) is 5.53. The first kappa shape index (κ1) is 15.0. The molecular weight excluding hydrogens is 273 g/mol. The number of hydrogen-bond donors (Lipinski definition) is 1. The molecule has 2 atom stereocenters. The van der Waals surface area contributed by atoms with Crippen molar-refractivity contribution in [2.24, 2.45) is 5.73 Å². The molecule has 0 heterocycles. The largest absolute Gasteiger partial charge is 0.325 e. The molecule has 2 N–H and O–H groups in total. The Balaban J connectivity index is 0.00000147. The number of nitrogens with two attached hydrogens (primary N) is 1. The van der Waals surface area contributed by atoms with Crippen molar-refractivity contribution < 1.29 is 4.39 Å². The highest BCUT2D eigenvalue weighted by Gasteiger charge is 2.50. The SMILES string of the molecule is Cl.N[C@]1(CCc2ccccc2)C[C@@H]1c1ccc(F)cc1. The van der Waals surface area contributed by atoms with Crippen LogP contribution in [0, 0.1) is 5.82 Å². The van der Waals surface area contributed by atoms with Gasteiger partial charge in [0.2, 0.25) is 0 Å². The van der Waals surface area contributed by atoms with E-state index in [4.69, 9.17) is 5.73 Å². The Bertz CT molecular complexity index is 555. The molecule has 1 fully saturated rings. The van der Waals surface area contributed by atoms with Crippen molar-refractivity contribution in [3.63, 3.8) is 0 Å². The maximum Gasteiger partial charge on any atom is 0.123 e. The fourth-order valence-corrected chi connectivity index (χ4v) is 2.76. The van der Waals surface area contributed by atoms with E-state index in [0.717, 1.165) is 24.8 Å². The van der Waals surface area contributed by atoms with E-state index in [1.807, 2.05) is 18.2 Å². The highest BCUT2D eigenvalue weighted by Crippen LogP contribution is 2.52. The lowest BCUT2D eigenvalue weighted by molar-refractivity contribution is 0.587. The second-order valence-electron chi connectivity index (χ2n) is 5.53. The molecule has 1 saturated carbocycles. The fraction of sp³-hybridized carbons (Fsp3) is 0.294. The van der Waals surface area contributed by atoms with Crippen molar-refractivity contribution in [3.05, 3.63) is 71.5 Å². The summed E-state index contributed by atoms with van der Waals surface area (Å²) in [6.45, 7) is 0. The summed E-state index contributed by atoms with van der Waals surface area (Å²) >= 11 is 0. The van der Waals surface area contributed by atoms with Crippen LogP contribution in [-0.2, 0) is 6.42 Å². The zero-order valence-corrected chi connectivity index (χ0v) is 12.1. The van der Waals surface area contributed by atoms with Gasteiger partial charge in [-0.1, -0.05) is 42.5 Å². The molecule has 0 radical (unpaired) electrons. The van der Waals surface area contributed by atoms with Crippen molar-refractivity contribution in [1.29, 1.82) is 0 Å². The van der Waals surface area contributed by atoms with Gasteiger partial charge in [0.15, 0.2) is 0 Å². The molecule has 106 valence electrons. The Hall–Kier alpha value is -1.38. The molecule has 0 unspecified atom stereocenters. The first-order valence-corrected chi connectivity index (χ1v) is 6.76. The first-order valence-electron chi connectivity index (χ1n) is 6.76. The normalized spacial score (nSPS) is 24.0. The summed E-state index contributed by atoms with van der Waals surface area (Å²) in [5.74, 6) is 0.202. The van der Waals surface area contributed by atoms with Gasteiger partial charge in [-0.25, -0.2) is 4.39 Å². The van der Waals surface area contributed by atoms with Crippen molar-refractivity contribution >= 4 is 12.4 Å². The van der Waals surface area contributed by atoms with Crippen LogP contribution in [-0.4, -0.2) is 5.54 Å². The predicted molar refractivity (Wildman–Crippen MR) is 82.7 cm³/mol. The summed E-state index contributed by atoms with van der Waals surface area (Å²) in [5, 5.41) is 0. The molecule has 0 aliphatic heterocycles. The fourth-order valence-electron chi connectivity index (χ4n) is 2.76. The van der Waals surface area contributed by atoms with Gasteiger partial charge in [-0.15, -0.1) is 12.4 Å². The van der Waals surface area contributed by atoms with Crippen molar-refractivity contribution in [1.82, 2.24) is 0 Å². The quantitative estimate of drug-likeness (QED) is 0.903. The Morgan fingerprint density at radius 1 is 1.05 bits per heavy atom. The van der Waals surface area contributed by atoms with Gasteiger partial charge in [0.25, 0.3) is 0 Å². The average molecular weight is 292 g/mol. The van der Waals surface area contributed by atoms with Gasteiger partial charge in [-0.2, -0.15) is 0 Å². The predicted octanol–water partition coefficient (Wildman–Crippen LogP) is 4.07. The molecule has 1 aliphatic carbocycles. The van der Waals surface area contributed by atoms with Gasteiger partial charge >= 0.3 is 0 Å². The summed E-state index contributed by atoms with van der Waals surface area (Å²) in [6, 6.07) is 17.2. The molecular formula is C17H19ClFN. The standard InChI is InChI=1S/C17H18FN.ClH/c18-15-8-6-14(7-9-15)16-12-17(16,19)11-10-13-4-2-1-3-5-13;/h1-9,16H,10-12,19H2;1H/t16-,17-;/m1./s1. The van der Waals surface area contributed by atoms with Crippen LogP contribution in [0.5, 0.6) is 0 Å². The molecule has 2 aromatic rings. The van der Waals surface area contributed by atoms with Crippen molar-refractivity contribution in [2.45, 2.75) is 30.7 Å². The molecule has 0 spiro atoms. The molecule has 3 rings (SSSR count). The second kappa shape index (κ2) is 5.94. The topological polar surface area (TPSA) is 26.0 Å². The summed E-state index contributed by atoms with van der Waals surface area (Å²) in [5.41, 5.74) is 8.81. The Kier molecular flexibility index (Phi) is 4.46. The molecule has 3 heteroatoms. The highest BCUT2D eigenvalue weighted by atomic mass is 35.5. The monoisotopic (exact) mass is 291 g/mol. The number of rotatable bonds is 4. The third kappa shape index (κ3) is 3.20.